The van der Waals surface area contributed by atoms with Crippen molar-refractivity contribution >= 4 is 28.2 Å². The third-order valence-electron chi connectivity index (χ3n) is 3.49. The van der Waals surface area contributed by atoms with Crippen molar-refractivity contribution in [3.05, 3.63) is 40.7 Å². The van der Waals surface area contributed by atoms with Crippen LogP contribution in [0.4, 0.5) is 20.0 Å². The number of aromatic nitrogens is 1. The molecular formula is C16H21FN4OS. The second-order valence-electron chi connectivity index (χ2n) is 5.70. The van der Waals surface area contributed by atoms with Crippen LogP contribution in [0.1, 0.15) is 25.1 Å². The number of amides is 2. The summed E-state index contributed by atoms with van der Waals surface area (Å²) >= 11 is 1.36. The van der Waals surface area contributed by atoms with Gasteiger partial charge in [0.05, 0.1) is 5.69 Å². The second-order valence-corrected chi connectivity index (χ2v) is 6.55. The smallest absolute Gasteiger partial charge is 0.308 e. The highest BCUT2D eigenvalue weighted by molar-refractivity contribution is 7.13. The normalized spacial score (nSPS) is 11.1. The Morgan fingerprint density at radius 2 is 2.13 bits per heavy atom. The van der Waals surface area contributed by atoms with E-state index in [1.165, 1.54) is 17.4 Å². The molecule has 7 heteroatoms. The second kappa shape index (κ2) is 7.52. The zero-order chi connectivity index (χ0) is 17.0. The van der Waals surface area contributed by atoms with E-state index in [2.05, 4.69) is 34.4 Å². The molecule has 0 fully saturated rings. The van der Waals surface area contributed by atoms with Crippen molar-refractivity contribution in [2.75, 3.05) is 17.7 Å². The summed E-state index contributed by atoms with van der Waals surface area (Å²) in [5, 5.41) is 7.69. The topological polar surface area (TPSA) is 57.3 Å². The van der Waals surface area contributed by atoms with Gasteiger partial charge in [0.1, 0.15) is 5.82 Å². The van der Waals surface area contributed by atoms with Crippen molar-refractivity contribution in [1.82, 2.24) is 9.88 Å². The summed E-state index contributed by atoms with van der Waals surface area (Å²) in [6, 6.07) is 4.55. The van der Waals surface area contributed by atoms with Gasteiger partial charge in [-0.05, 0) is 45.5 Å². The maximum absolute atomic E-state index is 13.5. The van der Waals surface area contributed by atoms with Crippen LogP contribution >= 0.6 is 11.3 Å². The van der Waals surface area contributed by atoms with Gasteiger partial charge in [-0.3, -0.25) is 10.2 Å². The molecule has 0 atom stereocenters. The van der Waals surface area contributed by atoms with Crippen LogP contribution in [-0.4, -0.2) is 29.0 Å². The van der Waals surface area contributed by atoms with Crippen LogP contribution in [0.5, 0.6) is 0 Å². The Bertz CT molecular complexity index is 686. The van der Waals surface area contributed by atoms with Gasteiger partial charge in [0.15, 0.2) is 5.13 Å². The Morgan fingerprint density at radius 1 is 1.39 bits per heavy atom. The molecule has 0 saturated heterocycles. The Balaban J connectivity index is 1.92. The van der Waals surface area contributed by atoms with E-state index in [1.807, 2.05) is 12.4 Å². The molecule has 1 aromatic heterocycles. The van der Waals surface area contributed by atoms with E-state index in [-0.39, 0.29) is 5.82 Å². The largest absolute Gasteiger partial charge is 0.325 e. The van der Waals surface area contributed by atoms with Gasteiger partial charge in [0.2, 0.25) is 0 Å². The molecule has 0 aliphatic carbocycles. The molecule has 0 bridgehead atoms. The fraction of sp³-hybridized carbons (Fsp3) is 0.375. The van der Waals surface area contributed by atoms with Crippen molar-refractivity contribution in [2.24, 2.45) is 0 Å². The number of aryl methyl sites for hydroxylation is 1. The van der Waals surface area contributed by atoms with E-state index in [1.54, 1.807) is 19.1 Å². The molecule has 2 aromatic rings. The van der Waals surface area contributed by atoms with E-state index in [4.69, 9.17) is 0 Å². The Labute approximate surface area is 139 Å². The predicted molar refractivity (Wildman–Crippen MR) is 92.5 cm³/mol. The number of hydrogen-bond acceptors (Lipinski definition) is 4. The van der Waals surface area contributed by atoms with Crippen LogP contribution in [0, 0.1) is 12.7 Å². The summed E-state index contributed by atoms with van der Waals surface area (Å²) in [7, 11) is 2.02. The van der Waals surface area contributed by atoms with Crippen molar-refractivity contribution < 1.29 is 9.18 Å². The molecule has 1 aromatic carbocycles. The Hall–Kier alpha value is -1.99. The SMILES string of the molecule is Cc1ccc(NC(=O)Nc2nc(CN(C)C(C)C)cs2)cc1F. The predicted octanol–water partition coefficient (Wildman–Crippen LogP) is 4.07. The molecular weight excluding hydrogens is 315 g/mol. The Kier molecular flexibility index (Phi) is 5.68. The van der Waals surface area contributed by atoms with E-state index in [0.29, 0.717) is 22.4 Å². The molecule has 23 heavy (non-hydrogen) atoms. The summed E-state index contributed by atoms with van der Waals surface area (Å²) in [6.07, 6.45) is 0. The third-order valence-corrected chi connectivity index (χ3v) is 4.30. The van der Waals surface area contributed by atoms with Crippen LogP contribution in [0.15, 0.2) is 23.6 Å². The molecule has 2 rings (SSSR count). The van der Waals surface area contributed by atoms with E-state index in [0.717, 1.165) is 12.2 Å². The van der Waals surface area contributed by atoms with Gasteiger partial charge >= 0.3 is 6.03 Å². The molecule has 0 radical (unpaired) electrons. The minimum Gasteiger partial charge on any atom is -0.308 e. The third kappa shape index (κ3) is 5.01. The highest BCUT2D eigenvalue weighted by Gasteiger charge is 2.10. The molecule has 0 spiro atoms. The number of nitrogens with zero attached hydrogens (tertiary/aromatic N) is 2. The lowest BCUT2D eigenvalue weighted by Crippen LogP contribution is -2.25. The fourth-order valence-corrected chi connectivity index (χ4v) is 2.50. The lowest BCUT2D eigenvalue weighted by Gasteiger charge is -2.19. The first kappa shape index (κ1) is 17.4. The first-order valence-electron chi connectivity index (χ1n) is 7.34. The monoisotopic (exact) mass is 336 g/mol. The number of benzene rings is 1. The fourth-order valence-electron chi connectivity index (χ4n) is 1.81. The number of anilines is 2. The first-order chi connectivity index (χ1) is 10.8. The lowest BCUT2D eigenvalue weighted by molar-refractivity contribution is 0.261. The van der Waals surface area contributed by atoms with Crippen LogP contribution in [0.25, 0.3) is 0 Å². The molecule has 0 saturated carbocycles. The number of nitrogens with one attached hydrogen (secondary N) is 2. The first-order valence-corrected chi connectivity index (χ1v) is 8.22. The molecule has 0 aliphatic heterocycles. The summed E-state index contributed by atoms with van der Waals surface area (Å²) < 4.78 is 13.5. The molecule has 124 valence electrons. The average molecular weight is 336 g/mol. The van der Waals surface area contributed by atoms with E-state index < -0.39 is 6.03 Å². The van der Waals surface area contributed by atoms with Gasteiger partial charge in [-0.15, -0.1) is 11.3 Å². The molecule has 2 amide bonds. The van der Waals surface area contributed by atoms with Crippen molar-refractivity contribution in [3.8, 4) is 0 Å². The van der Waals surface area contributed by atoms with E-state index >= 15 is 0 Å². The van der Waals surface area contributed by atoms with Gasteiger partial charge in [-0.1, -0.05) is 6.07 Å². The summed E-state index contributed by atoms with van der Waals surface area (Å²) in [5.41, 5.74) is 1.85. The lowest BCUT2D eigenvalue weighted by atomic mass is 10.2. The van der Waals surface area contributed by atoms with Gasteiger partial charge in [-0.25, -0.2) is 14.2 Å². The highest BCUT2D eigenvalue weighted by atomic mass is 32.1. The number of halogens is 1. The zero-order valence-corrected chi connectivity index (χ0v) is 14.5. The molecule has 2 N–H and O–H groups in total. The Morgan fingerprint density at radius 3 is 2.78 bits per heavy atom. The quantitative estimate of drug-likeness (QED) is 0.865. The van der Waals surface area contributed by atoms with Crippen molar-refractivity contribution in [1.29, 1.82) is 0 Å². The molecule has 0 unspecified atom stereocenters. The number of carbonyl (C=O) groups excluding carboxylic acids is 1. The molecule has 5 nitrogen and oxygen atoms in total. The van der Waals surface area contributed by atoms with Crippen molar-refractivity contribution in [3.63, 3.8) is 0 Å². The van der Waals surface area contributed by atoms with Gasteiger partial charge < -0.3 is 5.32 Å². The van der Waals surface area contributed by atoms with Crippen LogP contribution in [0.3, 0.4) is 0 Å². The van der Waals surface area contributed by atoms with Crippen LogP contribution < -0.4 is 10.6 Å². The van der Waals surface area contributed by atoms with Gasteiger partial charge in [0, 0.05) is 23.7 Å². The maximum atomic E-state index is 13.5. The maximum Gasteiger partial charge on any atom is 0.325 e. The number of carbonyl (C=O) groups is 1. The number of hydrogen-bond donors (Lipinski definition) is 2. The van der Waals surface area contributed by atoms with Crippen molar-refractivity contribution in [2.45, 2.75) is 33.4 Å². The average Bonchev–Trinajstić information content (AvgIpc) is 2.89. The summed E-state index contributed by atoms with van der Waals surface area (Å²) in [5.74, 6) is -0.351. The highest BCUT2D eigenvalue weighted by Crippen LogP contribution is 2.18. The number of thiazole rings is 1. The zero-order valence-electron chi connectivity index (χ0n) is 13.7. The summed E-state index contributed by atoms with van der Waals surface area (Å²) in [6.45, 7) is 6.62. The van der Waals surface area contributed by atoms with E-state index in [9.17, 15) is 9.18 Å². The standard InChI is InChI=1S/C16H21FN4OS/c1-10(2)21(4)8-13-9-23-16(19-13)20-15(22)18-12-6-5-11(3)14(17)7-12/h5-7,9-10H,8H2,1-4H3,(H2,18,19,20,22). The summed E-state index contributed by atoms with van der Waals surface area (Å²) in [4.78, 5) is 18.5. The number of urea groups is 1. The molecule has 1 heterocycles. The van der Waals surface area contributed by atoms with Crippen LogP contribution in [0.2, 0.25) is 0 Å². The van der Waals surface area contributed by atoms with Gasteiger partial charge in [0.25, 0.3) is 0 Å². The minimum atomic E-state index is -0.439. The van der Waals surface area contributed by atoms with Crippen LogP contribution in [-0.2, 0) is 6.54 Å². The minimum absolute atomic E-state index is 0.351. The van der Waals surface area contributed by atoms with Gasteiger partial charge in [-0.2, -0.15) is 0 Å². The molecule has 0 aliphatic rings. The number of rotatable bonds is 5.